The van der Waals surface area contributed by atoms with Gasteiger partial charge in [-0.2, -0.15) is 4.37 Å². The van der Waals surface area contributed by atoms with Crippen molar-refractivity contribution in [2.75, 3.05) is 17.6 Å². The summed E-state index contributed by atoms with van der Waals surface area (Å²) in [5.74, 6) is 1.46. The first kappa shape index (κ1) is 15.1. The summed E-state index contributed by atoms with van der Waals surface area (Å²) in [6.45, 7) is 3.10. The predicted octanol–water partition coefficient (Wildman–Crippen LogP) is 2.90. The molecule has 2 atom stereocenters. The van der Waals surface area contributed by atoms with E-state index in [2.05, 4.69) is 16.6 Å². The van der Waals surface area contributed by atoms with Crippen LogP contribution in [0.1, 0.15) is 45.4 Å². The average molecular weight is 329 g/mol. The first-order chi connectivity index (χ1) is 10.00. The Morgan fingerprint density at radius 3 is 2.67 bits per heavy atom. The molecular formula is C14H23N3O2S2. The van der Waals surface area contributed by atoms with Gasteiger partial charge in [0.1, 0.15) is 9.90 Å². The van der Waals surface area contributed by atoms with E-state index in [4.69, 9.17) is 5.73 Å². The lowest BCUT2D eigenvalue weighted by molar-refractivity contribution is 0.268. The van der Waals surface area contributed by atoms with Gasteiger partial charge in [-0.1, -0.05) is 26.2 Å². The maximum Gasteiger partial charge on any atom is 0.187 e. The highest BCUT2D eigenvalue weighted by Crippen LogP contribution is 2.41. The van der Waals surface area contributed by atoms with Crippen LogP contribution in [-0.4, -0.2) is 24.6 Å². The van der Waals surface area contributed by atoms with Crippen molar-refractivity contribution in [2.24, 2.45) is 11.8 Å². The number of sulfone groups is 1. The minimum Gasteiger partial charge on any atom is -0.382 e. The van der Waals surface area contributed by atoms with Crippen LogP contribution >= 0.6 is 11.5 Å². The van der Waals surface area contributed by atoms with Gasteiger partial charge in [-0.25, -0.2) is 8.42 Å². The second kappa shape index (κ2) is 5.76. The molecule has 0 saturated heterocycles. The Bertz CT molecular complexity index is 608. The largest absolute Gasteiger partial charge is 0.382 e. The summed E-state index contributed by atoms with van der Waals surface area (Å²) in [5, 5.41) is 3.71. The van der Waals surface area contributed by atoms with Gasteiger partial charge in [0.25, 0.3) is 0 Å². The van der Waals surface area contributed by atoms with E-state index in [1.165, 1.54) is 37.2 Å². The molecule has 0 aliphatic heterocycles. The Kier molecular flexibility index (Phi) is 4.14. The molecule has 3 N–H and O–H groups in total. The molecule has 2 saturated carbocycles. The molecule has 1 heterocycles. The molecule has 5 nitrogen and oxygen atoms in total. The molecule has 118 valence electrons. The molecule has 1 aromatic heterocycles. The molecule has 0 bridgehead atoms. The highest BCUT2D eigenvalue weighted by atomic mass is 32.2. The van der Waals surface area contributed by atoms with E-state index in [1.807, 2.05) is 0 Å². The van der Waals surface area contributed by atoms with Crippen LogP contribution in [0.4, 0.5) is 10.8 Å². The Morgan fingerprint density at radius 2 is 2.00 bits per heavy atom. The molecule has 0 amide bonds. The Morgan fingerprint density at radius 1 is 1.29 bits per heavy atom. The van der Waals surface area contributed by atoms with E-state index in [-0.39, 0.29) is 16.0 Å². The Balaban J connectivity index is 1.74. The molecule has 2 fully saturated rings. The van der Waals surface area contributed by atoms with Gasteiger partial charge in [-0.05, 0) is 42.6 Å². The van der Waals surface area contributed by atoms with Crippen LogP contribution in [0, 0.1) is 11.8 Å². The van der Waals surface area contributed by atoms with Crippen molar-refractivity contribution in [3.8, 4) is 0 Å². The Labute approximate surface area is 130 Å². The summed E-state index contributed by atoms with van der Waals surface area (Å²) in [4.78, 5) is 0.249. The number of hydrogen-bond donors (Lipinski definition) is 2. The number of aromatic nitrogens is 1. The standard InChI is InChI=1S/C14H23N3O2S2/c1-9-4-2-3-5-10(9)8-16-14-12(13(15)17-20-14)21(18,19)11-6-7-11/h9-11,16H,2-8H2,1H3,(H2,15,17). The lowest BCUT2D eigenvalue weighted by atomic mass is 9.80. The molecule has 2 aliphatic carbocycles. The minimum atomic E-state index is -3.29. The van der Waals surface area contributed by atoms with Gasteiger partial charge in [0.2, 0.25) is 0 Å². The van der Waals surface area contributed by atoms with Crippen molar-refractivity contribution in [2.45, 2.75) is 55.6 Å². The lowest BCUT2D eigenvalue weighted by Gasteiger charge is -2.28. The second-order valence-electron chi connectivity index (χ2n) is 6.37. The molecule has 1 aromatic rings. The van der Waals surface area contributed by atoms with E-state index in [0.717, 1.165) is 19.4 Å². The second-order valence-corrected chi connectivity index (χ2v) is 9.31. The van der Waals surface area contributed by atoms with Crippen LogP contribution in [0.2, 0.25) is 0 Å². The summed E-state index contributed by atoms with van der Waals surface area (Å²) in [7, 11) is -3.29. The van der Waals surface area contributed by atoms with E-state index in [0.29, 0.717) is 16.8 Å². The molecule has 0 aromatic carbocycles. The first-order valence-electron chi connectivity index (χ1n) is 7.73. The predicted molar refractivity (Wildman–Crippen MR) is 86.3 cm³/mol. The average Bonchev–Trinajstić information content (AvgIpc) is 3.23. The summed E-state index contributed by atoms with van der Waals surface area (Å²) in [6, 6.07) is 0. The SMILES string of the molecule is CC1CCCCC1CNc1snc(N)c1S(=O)(=O)C1CC1. The van der Waals surface area contributed by atoms with Gasteiger partial charge in [0.15, 0.2) is 15.7 Å². The number of hydrogen-bond acceptors (Lipinski definition) is 6. The van der Waals surface area contributed by atoms with Gasteiger partial charge in [-0.15, -0.1) is 0 Å². The molecule has 2 aliphatic rings. The van der Waals surface area contributed by atoms with Gasteiger partial charge < -0.3 is 11.1 Å². The maximum atomic E-state index is 12.5. The fraction of sp³-hybridized carbons (Fsp3) is 0.786. The topological polar surface area (TPSA) is 85.1 Å². The summed E-state index contributed by atoms with van der Waals surface area (Å²) in [5.41, 5.74) is 5.81. The summed E-state index contributed by atoms with van der Waals surface area (Å²) < 4.78 is 29.0. The number of anilines is 2. The molecule has 0 radical (unpaired) electrons. The van der Waals surface area contributed by atoms with Crippen molar-refractivity contribution in [3.05, 3.63) is 0 Å². The van der Waals surface area contributed by atoms with Crippen molar-refractivity contribution >= 4 is 32.2 Å². The van der Waals surface area contributed by atoms with Crippen LogP contribution in [0.5, 0.6) is 0 Å². The molecule has 21 heavy (non-hydrogen) atoms. The smallest absolute Gasteiger partial charge is 0.187 e. The molecule has 7 heteroatoms. The van der Waals surface area contributed by atoms with Crippen LogP contribution in [0.25, 0.3) is 0 Å². The summed E-state index contributed by atoms with van der Waals surface area (Å²) >= 11 is 1.17. The van der Waals surface area contributed by atoms with E-state index >= 15 is 0 Å². The van der Waals surface area contributed by atoms with Crippen molar-refractivity contribution in [1.29, 1.82) is 0 Å². The third kappa shape index (κ3) is 3.04. The third-order valence-electron chi connectivity index (χ3n) is 4.74. The minimum absolute atomic E-state index is 0.158. The maximum absolute atomic E-state index is 12.5. The zero-order chi connectivity index (χ0) is 15.0. The van der Waals surface area contributed by atoms with Crippen LogP contribution in [0.15, 0.2) is 4.90 Å². The molecular weight excluding hydrogens is 306 g/mol. The van der Waals surface area contributed by atoms with Gasteiger partial charge >= 0.3 is 0 Å². The number of nitrogen functional groups attached to an aromatic ring is 1. The van der Waals surface area contributed by atoms with Crippen molar-refractivity contribution < 1.29 is 8.42 Å². The van der Waals surface area contributed by atoms with Gasteiger partial charge in [-0.3, -0.25) is 0 Å². The van der Waals surface area contributed by atoms with Crippen molar-refractivity contribution in [1.82, 2.24) is 4.37 Å². The monoisotopic (exact) mass is 329 g/mol. The first-order valence-corrected chi connectivity index (χ1v) is 10.0. The van der Waals surface area contributed by atoms with Crippen LogP contribution in [-0.2, 0) is 9.84 Å². The highest BCUT2D eigenvalue weighted by Gasteiger charge is 2.40. The molecule has 0 spiro atoms. The fourth-order valence-electron chi connectivity index (χ4n) is 3.15. The lowest BCUT2D eigenvalue weighted by Crippen LogP contribution is -2.24. The Hall–Kier alpha value is -0.820. The van der Waals surface area contributed by atoms with Crippen LogP contribution in [0.3, 0.4) is 0 Å². The summed E-state index contributed by atoms with van der Waals surface area (Å²) in [6.07, 6.45) is 6.56. The molecule has 3 rings (SSSR count). The van der Waals surface area contributed by atoms with E-state index < -0.39 is 9.84 Å². The number of nitrogens with one attached hydrogen (secondary N) is 1. The van der Waals surface area contributed by atoms with E-state index in [1.54, 1.807) is 0 Å². The zero-order valence-electron chi connectivity index (χ0n) is 12.3. The number of nitrogens with zero attached hydrogens (tertiary/aromatic N) is 1. The number of rotatable bonds is 5. The van der Waals surface area contributed by atoms with Gasteiger partial charge in [0.05, 0.1) is 5.25 Å². The van der Waals surface area contributed by atoms with Crippen molar-refractivity contribution in [3.63, 3.8) is 0 Å². The normalized spacial score (nSPS) is 26.7. The zero-order valence-corrected chi connectivity index (χ0v) is 14.0. The van der Waals surface area contributed by atoms with Gasteiger partial charge in [0, 0.05) is 6.54 Å². The quantitative estimate of drug-likeness (QED) is 0.867. The fourth-order valence-corrected chi connectivity index (χ4v) is 6.04. The molecule has 2 unspecified atom stereocenters. The van der Waals surface area contributed by atoms with E-state index in [9.17, 15) is 8.42 Å². The number of nitrogens with two attached hydrogens (primary N) is 1. The third-order valence-corrected chi connectivity index (χ3v) is 8.02. The van der Waals surface area contributed by atoms with Crippen LogP contribution < -0.4 is 11.1 Å². The highest BCUT2D eigenvalue weighted by molar-refractivity contribution is 7.92.